The van der Waals surface area contributed by atoms with E-state index in [2.05, 4.69) is 36.8 Å². The summed E-state index contributed by atoms with van der Waals surface area (Å²) in [5.74, 6) is -0.669. The van der Waals surface area contributed by atoms with Gasteiger partial charge < -0.3 is 5.32 Å². The number of carbonyl (C=O) groups is 2. The van der Waals surface area contributed by atoms with Gasteiger partial charge in [0.05, 0.1) is 11.4 Å². The van der Waals surface area contributed by atoms with Gasteiger partial charge in [-0.05, 0) is 47.7 Å². The molecule has 3 rings (SSSR count). The first-order valence-corrected chi connectivity index (χ1v) is 8.87. The number of hydrogen-bond acceptors (Lipinski definition) is 5. The standard InChI is InChI=1S/C18H15BrFN5O2/c1-11-22-23-24-25(11)14-6-7-15(20)16(10-14)21-18(27)9-8-17(26)12-2-4-13(19)5-3-12/h2-7,10H,8-9H2,1H3,(H,21,27). The second-order valence-corrected chi connectivity index (χ2v) is 6.70. The average molecular weight is 432 g/mol. The molecule has 1 N–H and O–H groups in total. The summed E-state index contributed by atoms with van der Waals surface area (Å²) in [6, 6.07) is 11.0. The fraction of sp³-hybridized carbons (Fsp3) is 0.167. The molecule has 0 bridgehead atoms. The molecule has 0 unspecified atom stereocenters. The SMILES string of the molecule is Cc1nnnn1-c1ccc(F)c(NC(=O)CCC(=O)c2ccc(Br)cc2)c1. The minimum absolute atomic E-state index is 0.00323. The molecular formula is C18H15BrFN5O2. The highest BCUT2D eigenvalue weighted by molar-refractivity contribution is 9.10. The van der Waals surface area contributed by atoms with Crippen LogP contribution in [0.2, 0.25) is 0 Å². The number of carbonyl (C=O) groups excluding carboxylic acids is 2. The maximum absolute atomic E-state index is 14.0. The van der Waals surface area contributed by atoms with E-state index >= 15 is 0 Å². The highest BCUT2D eigenvalue weighted by Crippen LogP contribution is 2.20. The van der Waals surface area contributed by atoms with E-state index in [1.165, 1.54) is 22.9 Å². The topological polar surface area (TPSA) is 89.8 Å². The summed E-state index contributed by atoms with van der Waals surface area (Å²) >= 11 is 3.30. The molecule has 0 atom stereocenters. The summed E-state index contributed by atoms with van der Waals surface area (Å²) in [4.78, 5) is 24.3. The van der Waals surface area contributed by atoms with Crippen LogP contribution < -0.4 is 5.32 Å². The Morgan fingerprint density at radius 3 is 2.56 bits per heavy atom. The van der Waals surface area contributed by atoms with Crippen LogP contribution in [0.5, 0.6) is 0 Å². The zero-order valence-corrected chi connectivity index (χ0v) is 15.9. The first kappa shape index (κ1) is 18.8. The molecule has 27 heavy (non-hydrogen) atoms. The summed E-state index contributed by atoms with van der Waals surface area (Å²) in [5, 5.41) is 13.6. The number of amides is 1. The van der Waals surface area contributed by atoms with E-state index in [0.717, 1.165) is 4.47 Å². The third-order valence-electron chi connectivity index (χ3n) is 3.84. The zero-order valence-electron chi connectivity index (χ0n) is 14.3. The molecule has 3 aromatic rings. The lowest BCUT2D eigenvalue weighted by Crippen LogP contribution is -2.15. The van der Waals surface area contributed by atoms with E-state index in [4.69, 9.17) is 0 Å². The first-order valence-electron chi connectivity index (χ1n) is 8.07. The van der Waals surface area contributed by atoms with Crippen LogP contribution in [0.4, 0.5) is 10.1 Å². The van der Waals surface area contributed by atoms with Gasteiger partial charge >= 0.3 is 0 Å². The van der Waals surface area contributed by atoms with E-state index in [0.29, 0.717) is 17.1 Å². The van der Waals surface area contributed by atoms with Gasteiger partial charge in [0.2, 0.25) is 5.91 Å². The summed E-state index contributed by atoms with van der Waals surface area (Å²) < 4.78 is 16.3. The molecule has 0 saturated heterocycles. The lowest BCUT2D eigenvalue weighted by Gasteiger charge is -2.09. The lowest BCUT2D eigenvalue weighted by atomic mass is 10.1. The van der Waals surface area contributed by atoms with Crippen LogP contribution in [0.15, 0.2) is 46.9 Å². The predicted octanol–water partition coefficient (Wildman–Crippen LogP) is 3.47. The predicted molar refractivity (Wildman–Crippen MR) is 100 cm³/mol. The van der Waals surface area contributed by atoms with Gasteiger partial charge in [-0.2, -0.15) is 4.68 Å². The first-order chi connectivity index (χ1) is 12.9. The third kappa shape index (κ3) is 4.62. The summed E-state index contributed by atoms with van der Waals surface area (Å²) in [5.41, 5.74) is 1.04. The van der Waals surface area contributed by atoms with Crippen molar-refractivity contribution in [3.63, 3.8) is 0 Å². The number of anilines is 1. The van der Waals surface area contributed by atoms with Crippen LogP contribution in [-0.2, 0) is 4.79 Å². The van der Waals surface area contributed by atoms with Crippen LogP contribution in [0.25, 0.3) is 5.69 Å². The molecule has 1 amide bonds. The van der Waals surface area contributed by atoms with Crippen molar-refractivity contribution >= 4 is 33.3 Å². The number of ketones is 1. The summed E-state index contributed by atoms with van der Waals surface area (Å²) in [7, 11) is 0. The number of Topliss-reactive ketones (excluding diaryl/α,β-unsaturated/α-hetero) is 1. The Bertz CT molecular complexity index is 988. The van der Waals surface area contributed by atoms with Gasteiger partial charge in [0.25, 0.3) is 0 Å². The largest absolute Gasteiger partial charge is 0.324 e. The number of aryl methyl sites for hydroxylation is 1. The number of rotatable bonds is 6. The van der Waals surface area contributed by atoms with Gasteiger partial charge in [0.1, 0.15) is 5.82 Å². The summed E-state index contributed by atoms with van der Waals surface area (Å²) in [6.45, 7) is 1.70. The molecule has 0 spiro atoms. The third-order valence-corrected chi connectivity index (χ3v) is 4.37. The molecule has 2 aromatic carbocycles. The van der Waals surface area contributed by atoms with Crippen LogP contribution in [-0.4, -0.2) is 31.9 Å². The monoisotopic (exact) mass is 431 g/mol. The Morgan fingerprint density at radius 1 is 1.15 bits per heavy atom. The normalized spacial score (nSPS) is 10.6. The van der Waals surface area contributed by atoms with Crippen molar-refractivity contribution < 1.29 is 14.0 Å². The van der Waals surface area contributed by atoms with Crippen molar-refractivity contribution in [3.05, 3.63) is 64.1 Å². The van der Waals surface area contributed by atoms with Gasteiger partial charge in [-0.15, -0.1) is 5.10 Å². The minimum Gasteiger partial charge on any atom is -0.324 e. The quantitative estimate of drug-likeness (QED) is 0.603. The molecule has 0 radical (unpaired) electrons. The maximum atomic E-state index is 14.0. The molecule has 0 saturated carbocycles. The Kier molecular flexibility index (Phi) is 5.70. The molecule has 7 nitrogen and oxygen atoms in total. The number of halogens is 2. The highest BCUT2D eigenvalue weighted by Gasteiger charge is 2.13. The maximum Gasteiger partial charge on any atom is 0.224 e. The van der Waals surface area contributed by atoms with Gasteiger partial charge in [-0.25, -0.2) is 4.39 Å². The van der Waals surface area contributed by atoms with E-state index in [1.54, 1.807) is 31.2 Å². The number of aromatic nitrogens is 4. The van der Waals surface area contributed by atoms with Gasteiger partial charge in [-0.1, -0.05) is 28.1 Å². The van der Waals surface area contributed by atoms with Crippen molar-refractivity contribution in [3.8, 4) is 5.69 Å². The molecular weight excluding hydrogens is 417 g/mol. The van der Waals surface area contributed by atoms with Crippen molar-refractivity contribution in [2.45, 2.75) is 19.8 Å². The van der Waals surface area contributed by atoms with Crippen molar-refractivity contribution in [2.24, 2.45) is 0 Å². The molecule has 1 aromatic heterocycles. The molecule has 0 aliphatic rings. The zero-order chi connectivity index (χ0) is 19.4. The number of nitrogens with one attached hydrogen (secondary N) is 1. The van der Waals surface area contributed by atoms with E-state index in [1.807, 2.05) is 0 Å². The molecule has 0 fully saturated rings. The Morgan fingerprint density at radius 2 is 1.89 bits per heavy atom. The number of benzene rings is 2. The number of tetrazole rings is 1. The van der Waals surface area contributed by atoms with E-state index in [-0.39, 0.29) is 24.3 Å². The lowest BCUT2D eigenvalue weighted by molar-refractivity contribution is -0.116. The van der Waals surface area contributed by atoms with Crippen molar-refractivity contribution in [1.82, 2.24) is 20.2 Å². The van der Waals surface area contributed by atoms with Gasteiger partial charge in [-0.3, -0.25) is 9.59 Å². The van der Waals surface area contributed by atoms with Crippen LogP contribution in [0, 0.1) is 12.7 Å². The van der Waals surface area contributed by atoms with Crippen molar-refractivity contribution in [2.75, 3.05) is 5.32 Å². The van der Waals surface area contributed by atoms with Crippen LogP contribution in [0.3, 0.4) is 0 Å². The molecule has 9 heteroatoms. The average Bonchev–Trinajstić information content (AvgIpc) is 3.08. The molecule has 1 heterocycles. The van der Waals surface area contributed by atoms with Crippen LogP contribution >= 0.6 is 15.9 Å². The molecule has 138 valence electrons. The number of nitrogens with zero attached hydrogens (tertiary/aromatic N) is 4. The summed E-state index contributed by atoms with van der Waals surface area (Å²) in [6.07, 6.45) is -0.0245. The van der Waals surface area contributed by atoms with Crippen molar-refractivity contribution in [1.29, 1.82) is 0 Å². The molecule has 0 aliphatic heterocycles. The minimum atomic E-state index is -0.586. The molecule has 0 aliphatic carbocycles. The fourth-order valence-electron chi connectivity index (χ4n) is 2.43. The Hall–Kier alpha value is -2.94. The fourth-order valence-corrected chi connectivity index (χ4v) is 2.70. The van der Waals surface area contributed by atoms with Gasteiger partial charge in [0, 0.05) is 22.9 Å². The highest BCUT2D eigenvalue weighted by atomic mass is 79.9. The Labute approximate surface area is 162 Å². The van der Waals surface area contributed by atoms with Gasteiger partial charge in [0.15, 0.2) is 11.6 Å². The van der Waals surface area contributed by atoms with E-state index in [9.17, 15) is 14.0 Å². The second kappa shape index (κ2) is 8.17. The smallest absolute Gasteiger partial charge is 0.224 e. The Balaban J connectivity index is 1.64. The number of hydrogen-bond donors (Lipinski definition) is 1. The van der Waals surface area contributed by atoms with E-state index < -0.39 is 11.7 Å². The van der Waals surface area contributed by atoms with Crippen LogP contribution in [0.1, 0.15) is 29.0 Å². The second-order valence-electron chi connectivity index (χ2n) is 5.78.